The number of aryl methyl sites for hydroxylation is 1. The lowest BCUT2D eigenvalue weighted by Crippen LogP contribution is -2.21. The van der Waals surface area contributed by atoms with E-state index in [-0.39, 0.29) is 26.3 Å². The second kappa shape index (κ2) is 5.76. The Balaban J connectivity index is 2.19. The van der Waals surface area contributed by atoms with Gasteiger partial charge in [0.1, 0.15) is 16.5 Å². The fourth-order valence-corrected chi connectivity index (χ4v) is 3.64. The number of aromatic amines is 1. The molecule has 0 aliphatic rings. The second-order valence-corrected chi connectivity index (χ2v) is 6.39. The highest BCUT2D eigenvalue weighted by Crippen LogP contribution is 2.37. The van der Waals surface area contributed by atoms with Crippen LogP contribution in [0.15, 0.2) is 24.3 Å². The summed E-state index contributed by atoms with van der Waals surface area (Å²) in [7, 11) is 0. The van der Waals surface area contributed by atoms with Crippen LogP contribution in [0.2, 0.25) is 0 Å². The van der Waals surface area contributed by atoms with E-state index in [1.54, 1.807) is 0 Å². The van der Waals surface area contributed by atoms with E-state index in [2.05, 4.69) is 4.98 Å². The van der Waals surface area contributed by atoms with Crippen molar-refractivity contribution in [2.45, 2.75) is 13.1 Å². The molecule has 3 N–H and O–H groups in total. The number of pyridine rings is 1. The standard InChI is InChI=1S/C16H9F5N2OS/c1-6-4-10(16(19,20)21)23-15-11(6)12(22)14(25-15)13(24)8-3-2-7(17)5-9(8)18/h2-5H,22H2,1H3/p+1. The Kier molecular flexibility index (Phi) is 3.98. The Morgan fingerprint density at radius 3 is 2.48 bits per heavy atom. The van der Waals surface area contributed by atoms with Crippen LogP contribution >= 0.6 is 11.3 Å². The molecule has 0 amide bonds. The smallest absolute Gasteiger partial charge is 0.397 e. The number of nitrogens with one attached hydrogen (secondary N) is 1. The number of thiophene rings is 1. The van der Waals surface area contributed by atoms with Gasteiger partial charge in [-0.2, -0.15) is 18.2 Å². The minimum Gasteiger partial charge on any atom is -0.397 e. The predicted octanol–water partition coefficient (Wildman–Crippen LogP) is 4.13. The summed E-state index contributed by atoms with van der Waals surface area (Å²) < 4.78 is 65.5. The van der Waals surface area contributed by atoms with E-state index in [1.807, 2.05) is 0 Å². The number of carbonyl (C=O) groups is 1. The zero-order valence-corrected chi connectivity index (χ0v) is 13.4. The van der Waals surface area contributed by atoms with Gasteiger partial charge in [0.2, 0.25) is 5.78 Å². The molecule has 0 aliphatic carbocycles. The summed E-state index contributed by atoms with van der Waals surface area (Å²) >= 11 is 0.694. The number of carbonyl (C=O) groups excluding carboxylic acids is 1. The molecule has 0 saturated carbocycles. The van der Waals surface area contributed by atoms with Gasteiger partial charge in [-0.05, 0) is 24.6 Å². The van der Waals surface area contributed by atoms with Crippen molar-refractivity contribution in [2.75, 3.05) is 5.73 Å². The Bertz CT molecular complexity index is 1010. The molecular weight excluding hydrogens is 363 g/mol. The van der Waals surface area contributed by atoms with E-state index < -0.39 is 34.9 Å². The number of hydrogen-bond acceptors (Lipinski definition) is 3. The summed E-state index contributed by atoms with van der Waals surface area (Å²) in [5.41, 5.74) is 4.70. The molecule has 25 heavy (non-hydrogen) atoms. The van der Waals surface area contributed by atoms with E-state index in [0.717, 1.165) is 18.2 Å². The number of rotatable bonds is 2. The number of H-pyrrole nitrogens is 1. The fourth-order valence-electron chi connectivity index (χ4n) is 2.49. The third-order valence-corrected chi connectivity index (χ3v) is 4.76. The molecule has 130 valence electrons. The highest BCUT2D eigenvalue weighted by Gasteiger charge is 2.39. The lowest BCUT2D eigenvalue weighted by molar-refractivity contribution is -0.396. The summed E-state index contributed by atoms with van der Waals surface area (Å²) in [6.45, 7) is 1.43. The normalized spacial score (nSPS) is 11.9. The number of fused-ring (bicyclic) bond motifs is 1. The van der Waals surface area contributed by atoms with Crippen LogP contribution in [0.3, 0.4) is 0 Å². The molecule has 0 aliphatic heterocycles. The molecule has 9 heteroatoms. The Hall–Kier alpha value is -2.55. The molecule has 0 radical (unpaired) electrons. The van der Waals surface area contributed by atoms with Gasteiger partial charge in [0.05, 0.1) is 16.6 Å². The number of aromatic nitrogens is 1. The fraction of sp³-hybridized carbons (Fsp3) is 0.125. The topological polar surface area (TPSA) is 57.2 Å². The number of hydrogen-bond donors (Lipinski definition) is 1. The largest absolute Gasteiger partial charge is 0.477 e. The van der Waals surface area contributed by atoms with Crippen LogP contribution in [0.5, 0.6) is 0 Å². The maximum absolute atomic E-state index is 13.8. The molecule has 1 aromatic carbocycles. The van der Waals surface area contributed by atoms with Crippen LogP contribution in [0.1, 0.15) is 26.5 Å². The van der Waals surface area contributed by atoms with Crippen molar-refractivity contribution in [2.24, 2.45) is 0 Å². The first-order valence-electron chi connectivity index (χ1n) is 6.91. The van der Waals surface area contributed by atoms with Crippen molar-refractivity contribution < 1.29 is 31.7 Å². The monoisotopic (exact) mass is 373 g/mol. The van der Waals surface area contributed by atoms with Crippen molar-refractivity contribution in [3.05, 3.63) is 57.6 Å². The summed E-state index contributed by atoms with van der Waals surface area (Å²) in [5, 5.41) is 0.267. The van der Waals surface area contributed by atoms with Gasteiger partial charge in [-0.1, -0.05) is 11.3 Å². The van der Waals surface area contributed by atoms with Crippen molar-refractivity contribution in [1.29, 1.82) is 0 Å². The maximum atomic E-state index is 13.8. The maximum Gasteiger partial charge on any atom is 0.477 e. The molecular formula is C16H10F5N2OS+. The van der Waals surface area contributed by atoms with Gasteiger partial charge >= 0.3 is 6.18 Å². The van der Waals surface area contributed by atoms with Gasteiger partial charge in [0, 0.05) is 12.1 Å². The molecule has 2 heterocycles. The SMILES string of the molecule is Cc1cc(C(F)(F)F)[nH+]c2sc(C(=O)c3ccc(F)cc3F)c(N)c12. The first-order chi connectivity index (χ1) is 11.6. The molecule has 3 aromatic rings. The molecule has 3 rings (SSSR count). The van der Waals surface area contributed by atoms with E-state index in [0.29, 0.717) is 17.4 Å². The highest BCUT2D eigenvalue weighted by molar-refractivity contribution is 7.21. The zero-order chi connectivity index (χ0) is 18.5. The molecule has 0 bridgehead atoms. The number of ketones is 1. The van der Waals surface area contributed by atoms with Crippen LogP contribution < -0.4 is 10.7 Å². The quantitative estimate of drug-likeness (QED) is 0.542. The van der Waals surface area contributed by atoms with Crippen LogP contribution in [-0.2, 0) is 6.18 Å². The minimum atomic E-state index is -4.59. The van der Waals surface area contributed by atoms with Gasteiger partial charge in [-0.15, -0.1) is 0 Å². The Labute approximate surface area is 141 Å². The number of halogens is 5. The van der Waals surface area contributed by atoms with E-state index >= 15 is 0 Å². The van der Waals surface area contributed by atoms with E-state index in [9.17, 15) is 26.7 Å². The molecule has 3 nitrogen and oxygen atoms in total. The number of nitrogens with two attached hydrogens (primary N) is 1. The highest BCUT2D eigenvalue weighted by atomic mass is 32.1. The average Bonchev–Trinajstić information content (AvgIpc) is 2.83. The minimum absolute atomic E-state index is 0.0452. The second-order valence-electron chi connectivity index (χ2n) is 5.37. The summed E-state index contributed by atoms with van der Waals surface area (Å²) in [5.74, 6) is -2.74. The number of anilines is 1. The summed E-state index contributed by atoms with van der Waals surface area (Å²) in [6, 6.07) is 3.32. The van der Waals surface area contributed by atoms with Crippen LogP contribution in [0.25, 0.3) is 10.2 Å². The Morgan fingerprint density at radius 2 is 1.88 bits per heavy atom. The number of nitrogen functional groups attached to an aromatic ring is 1. The predicted molar refractivity (Wildman–Crippen MR) is 82.3 cm³/mol. The van der Waals surface area contributed by atoms with Crippen molar-refractivity contribution in [3.63, 3.8) is 0 Å². The molecule has 0 fully saturated rings. The van der Waals surface area contributed by atoms with Crippen LogP contribution in [0, 0.1) is 18.6 Å². The lowest BCUT2D eigenvalue weighted by Gasteiger charge is -2.03. The van der Waals surface area contributed by atoms with Crippen molar-refractivity contribution in [3.8, 4) is 0 Å². The van der Waals surface area contributed by atoms with E-state index in [1.165, 1.54) is 6.92 Å². The third kappa shape index (κ3) is 2.95. The molecule has 0 atom stereocenters. The summed E-state index contributed by atoms with van der Waals surface area (Å²) in [4.78, 5) is 14.6. The number of alkyl halides is 3. The lowest BCUT2D eigenvalue weighted by atomic mass is 10.1. The van der Waals surface area contributed by atoms with Crippen molar-refractivity contribution in [1.82, 2.24) is 0 Å². The first kappa shape index (κ1) is 17.3. The van der Waals surface area contributed by atoms with Gasteiger partial charge in [0.25, 0.3) is 10.5 Å². The van der Waals surface area contributed by atoms with Gasteiger partial charge < -0.3 is 5.73 Å². The van der Waals surface area contributed by atoms with Gasteiger partial charge in [0.15, 0.2) is 0 Å². The van der Waals surface area contributed by atoms with Gasteiger partial charge in [-0.3, -0.25) is 4.79 Å². The van der Waals surface area contributed by atoms with Crippen LogP contribution in [-0.4, -0.2) is 5.78 Å². The number of benzene rings is 1. The molecule has 0 spiro atoms. The zero-order valence-electron chi connectivity index (χ0n) is 12.6. The van der Waals surface area contributed by atoms with Crippen molar-refractivity contribution >= 4 is 33.0 Å². The molecule has 2 aromatic heterocycles. The first-order valence-corrected chi connectivity index (χ1v) is 7.73. The van der Waals surface area contributed by atoms with Gasteiger partial charge in [-0.25, -0.2) is 8.78 Å². The molecule has 0 unspecified atom stereocenters. The van der Waals surface area contributed by atoms with Crippen LogP contribution in [0.4, 0.5) is 27.6 Å². The summed E-state index contributed by atoms with van der Waals surface area (Å²) in [6.07, 6.45) is -4.59. The average molecular weight is 373 g/mol. The third-order valence-electron chi connectivity index (χ3n) is 3.64. The van der Waals surface area contributed by atoms with E-state index in [4.69, 9.17) is 5.73 Å². The molecule has 0 saturated heterocycles. The Morgan fingerprint density at radius 1 is 1.20 bits per heavy atom.